The Morgan fingerprint density at radius 2 is 1.89 bits per heavy atom. The molecular weight excluding hydrogens is 336 g/mol. The van der Waals surface area contributed by atoms with Gasteiger partial charge in [0.25, 0.3) is 0 Å². The minimum atomic E-state index is 0.773. The van der Waals surface area contributed by atoms with Gasteiger partial charge in [-0.3, -0.25) is 5.10 Å². The van der Waals surface area contributed by atoms with Gasteiger partial charge in [-0.05, 0) is 56.1 Å². The fourth-order valence-electron chi connectivity index (χ4n) is 3.81. The third kappa shape index (κ3) is 3.24. The zero-order valence-electron chi connectivity index (χ0n) is 15.2. The van der Waals surface area contributed by atoms with E-state index in [0.717, 1.165) is 40.9 Å². The predicted octanol–water partition coefficient (Wildman–Crippen LogP) is 3.45. The monoisotopic (exact) mass is 358 g/mol. The van der Waals surface area contributed by atoms with E-state index in [-0.39, 0.29) is 0 Å². The first-order chi connectivity index (χ1) is 13.4. The van der Waals surface area contributed by atoms with Gasteiger partial charge >= 0.3 is 0 Å². The first-order valence-electron chi connectivity index (χ1n) is 9.54. The zero-order chi connectivity index (χ0) is 18.1. The van der Waals surface area contributed by atoms with Crippen molar-refractivity contribution in [3.8, 4) is 17.1 Å². The van der Waals surface area contributed by atoms with Crippen LogP contribution >= 0.6 is 0 Å². The first-order valence-corrected chi connectivity index (χ1v) is 9.54. The summed E-state index contributed by atoms with van der Waals surface area (Å²) in [7, 11) is 0. The van der Waals surface area contributed by atoms with Crippen LogP contribution in [-0.2, 0) is 6.42 Å². The van der Waals surface area contributed by atoms with Crippen LogP contribution < -0.4 is 0 Å². The van der Waals surface area contributed by atoms with Crippen LogP contribution in [0.2, 0.25) is 0 Å². The van der Waals surface area contributed by atoms with Gasteiger partial charge in [0.1, 0.15) is 11.4 Å². The minimum absolute atomic E-state index is 0.773. The number of aromatic amines is 1. The van der Waals surface area contributed by atoms with Crippen LogP contribution in [0.15, 0.2) is 54.7 Å². The molecule has 0 spiro atoms. The summed E-state index contributed by atoms with van der Waals surface area (Å²) in [6.07, 6.45) is 5.69. The molecular formula is C21H22N6. The Bertz CT molecular complexity index is 1060. The second kappa shape index (κ2) is 6.96. The summed E-state index contributed by atoms with van der Waals surface area (Å²) in [6.45, 7) is 3.61. The molecule has 0 aliphatic carbocycles. The zero-order valence-corrected chi connectivity index (χ0v) is 15.2. The van der Waals surface area contributed by atoms with Crippen molar-refractivity contribution in [1.82, 2.24) is 30.1 Å². The van der Waals surface area contributed by atoms with Gasteiger partial charge in [-0.15, -0.1) is 5.10 Å². The Labute approximate surface area is 157 Å². The second-order valence-corrected chi connectivity index (χ2v) is 7.13. The largest absolute Gasteiger partial charge is 0.303 e. The van der Waals surface area contributed by atoms with Crippen molar-refractivity contribution in [3.05, 3.63) is 60.3 Å². The summed E-state index contributed by atoms with van der Waals surface area (Å²) in [4.78, 5) is 2.54. The van der Waals surface area contributed by atoms with Gasteiger partial charge in [-0.25, -0.2) is 4.68 Å². The molecule has 0 unspecified atom stereocenters. The molecule has 1 aliphatic rings. The molecule has 0 amide bonds. The van der Waals surface area contributed by atoms with Gasteiger partial charge in [-0.1, -0.05) is 35.5 Å². The number of likely N-dealkylation sites (tertiary alicyclic amines) is 1. The smallest absolute Gasteiger partial charge is 0.134 e. The fraction of sp³-hybridized carbons (Fsp3) is 0.286. The third-order valence-corrected chi connectivity index (χ3v) is 5.30. The number of nitrogens with zero attached hydrogens (tertiary/aromatic N) is 5. The van der Waals surface area contributed by atoms with E-state index in [2.05, 4.69) is 49.7 Å². The minimum Gasteiger partial charge on any atom is -0.303 e. The highest BCUT2D eigenvalue weighted by Gasteiger charge is 2.13. The Hall–Kier alpha value is -2.99. The molecule has 3 heterocycles. The Morgan fingerprint density at radius 3 is 2.81 bits per heavy atom. The highest BCUT2D eigenvalue weighted by molar-refractivity contribution is 5.91. The lowest BCUT2D eigenvalue weighted by Gasteiger charge is -2.14. The van der Waals surface area contributed by atoms with Gasteiger partial charge < -0.3 is 4.90 Å². The molecule has 1 saturated heterocycles. The Balaban J connectivity index is 1.38. The molecule has 6 heteroatoms. The van der Waals surface area contributed by atoms with Gasteiger partial charge in [0.15, 0.2) is 0 Å². The maximum absolute atomic E-state index is 4.42. The van der Waals surface area contributed by atoms with Gasteiger partial charge in [-0.2, -0.15) is 5.10 Å². The number of hydrogen-bond donors (Lipinski definition) is 1. The van der Waals surface area contributed by atoms with Crippen molar-refractivity contribution in [3.63, 3.8) is 0 Å². The van der Waals surface area contributed by atoms with Crippen molar-refractivity contribution in [2.24, 2.45) is 0 Å². The molecule has 1 fully saturated rings. The maximum Gasteiger partial charge on any atom is 0.134 e. The summed E-state index contributed by atoms with van der Waals surface area (Å²) < 4.78 is 1.83. The van der Waals surface area contributed by atoms with Crippen molar-refractivity contribution in [1.29, 1.82) is 0 Å². The normalized spacial score (nSPS) is 15.0. The van der Waals surface area contributed by atoms with Gasteiger partial charge in [0.05, 0.1) is 17.4 Å². The highest BCUT2D eigenvalue weighted by atomic mass is 15.4. The van der Waals surface area contributed by atoms with Crippen LogP contribution in [0.25, 0.3) is 28.0 Å². The molecule has 1 N–H and O–H groups in total. The molecule has 0 radical (unpaired) electrons. The standard InChI is InChI=1S/C21H22N6/c1-2-9-19-18(8-1)21(24-22-19)20-15-27(25-23-20)17-7-5-6-16(14-17)10-13-26-11-3-4-12-26/h1-2,5-9,14-15H,3-4,10-13H2,(H,22,24). The summed E-state index contributed by atoms with van der Waals surface area (Å²) in [5, 5.41) is 17.2. The molecule has 0 saturated carbocycles. The summed E-state index contributed by atoms with van der Waals surface area (Å²) in [5.41, 5.74) is 4.98. The molecule has 6 nitrogen and oxygen atoms in total. The van der Waals surface area contributed by atoms with E-state index in [0.29, 0.717) is 0 Å². The number of nitrogens with one attached hydrogen (secondary N) is 1. The molecule has 2 aromatic heterocycles. The molecule has 136 valence electrons. The lowest BCUT2D eigenvalue weighted by molar-refractivity contribution is 0.343. The summed E-state index contributed by atoms with van der Waals surface area (Å²) in [6, 6.07) is 16.6. The van der Waals surface area contributed by atoms with E-state index in [1.807, 2.05) is 35.1 Å². The molecule has 5 rings (SSSR count). The van der Waals surface area contributed by atoms with E-state index in [1.165, 1.54) is 31.5 Å². The fourth-order valence-corrected chi connectivity index (χ4v) is 3.81. The SMILES string of the molecule is c1cc(CCN2CCCC2)cc(-n2cc(-c3n[nH]c4ccccc34)nn2)c1. The number of para-hydroxylation sites is 1. The van der Waals surface area contributed by atoms with E-state index in [9.17, 15) is 0 Å². The quantitative estimate of drug-likeness (QED) is 0.593. The number of H-pyrrole nitrogens is 1. The number of aromatic nitrogens is 5. The topological polar surface area (TPSA) is 62.6 Å². The summed E-state index contributed by atoms with van der Waals surface area (Å²) in [5.74, 6) is 0. The van der Waals surface area contributed by atoms with Crippen LogP contribution in [0.3, 0.4) is 0 Å². The molecule has 0 bridgehead atoms. The lowest BCUT2D eigenvalue weighted by atomic mass is 10.1. The Kier molecular flexibility index (Phi) is 4.18. The van der Waals surface area contributed by atoms with Crippen LogP contribution in [0, 0.1) is 0 Å². The van der Waals surface area contributed by atoms with E-state index < -0.39 is 0 Å². The van der Waals surface area contributed by atoms with Crippen molar-refractivity contribution < 1.29 is 0 Å². The van der Waals surface area contributed by atoms with Crippen molar-refractivity contribution in [2.45, 2.75) is 19.3 Å². The predicted molar refractivity (Wildman–Crippen MR) is 106 cm³/mol. The number of benzene rings is 2. The van der Waals surface area contributed by atoms with Gasteiger partial charge in [0.2, 0.25) is 0 Å². The van der Waals surface area contributed by atoms with Crippen LogP contribution in [0.5, 0.6) is 0 Å². The first kappa shape index (κ1) is 16.2. The lowest BCUT2D eigenvalue weighted by Crippen LogP contribution is -2.21. The van der Waals surface area contributed by atoms with Gasteiger partial charge in [0, 0.05) is 11.9 Å². The average molecular weight is 358 g/mol. The van der Waals surface area contributed by atoms with E-state index in [1.54, 1.807) is 0 Å². The number of fused-ring (bicyclic) bond motifs is 1. The van der Waals surface area contributed by atoms with Crippen molar-refractivity contribution in [2.75, 3.05) is 19.6 Å². The average Bonchev–Trinajstić information content (AvgIpc) is 3.46. The Morgan fingerprint density at radius 1 is 1.00 bits per heavy atom. The van der Waals surface area contributed by atoms with Crippen molar-refractivity contribution >= 4 is 10.9 Å². The van der Waals surface area contributed by atoms with E-state index >= 15 is 0 Å². The van der Waals surface area contributed by atoms with Crippen LogP contribution in [0.1, 0.15) is 18.4 Å². The highest BCUT2D eigenvalue weighted by Crippen LogP contribution is 2.24. The molecule has 27 heavy (non-hydrogen) atoms. The third-order valence-electron chi connectivity index (χ3n) is 5.30. The van der Waals surface area contributed by atoms with Crippen LogP contribution in [-0.4, -0.2) is 49.7 Å². The summed E-state index contributed by atoms with van der Waals surface area (Å²) >= 11 is 0. The molecule has 2 aromatic carbocycles. The number of rotatable bonds is 5. The number of hydrogen-bond acceptors (Lipinski definition) is 4. The molecule has 0 atom stereocenters. The van der Waals surface area contributed by atoms with Crippen LogP contribution in [0.4, 0.5) is 0 Å². The van der Waals surface area contributed by atoms with E-state index in [4.69, 9.17) is 0 Å². The molecule has 1 aliphatic heterocycles. The maximum atomic E-state index is 4.42. The molecule has 4 aromatic rings. The second-order valence-electron chi connectivity index (χ2n) is 7.13.